The van der Waals surface area contributed by atoms with Crippen molar-refractivity contribution in [2.24, 2.45) is 0 Å². The summed E-state index contributed by atoms with van der Waals surface area (Å²) in [6.07, 6.45) is 1.92. The van der Waals surface area contributed by atoms with Crippen LogP contribution in [0.1, 0.15) is 10.4 Å². The van der Waals surface area contributed by atoms with Crippen molar-refractivity contribution < 1.29 is 4.79 Å². The lowest BCUT2D eigenvalue weighted by atomic mass is 10.3. The molecule has 2 rings (SSSR count). The Balaban J connectivity index is 2.34. The highest BCUT2D eigenvalue weighted by atomic mass is 32.2. The fourth-order valence-corrected chi connectivity index (χ4v) is 3.29. The summed E-state index contributed by atoms with van der Waals surface area (Å²) in [7, 11) is 1.71. The van der Waals surface area contributed by atoms with Crippen LogP contribution in [0, 0.1) is 6.92 Å². The molecule has 0 bridgehead atoms. The topological polar surface area (TPSA) is 20.3 Å². The summed E-state index contributed by atoms with van der Waals surface area (Å²) in [5.74, 6) is -0.00204. The number of carbonyl (C=O) groups excluding carboxylic acids is 1. The Morgan fingerprint density at radius 3 is 2.73 bits per heavy atom. The van der Waals surface area contributed by atoms with Crippen molar-refractivity contribution >= 4 is 51.6 Å². The van der Waals surface area contributed by atoms with Gasteiger partial charge in [-0.3, -0.25) is 9.69 Å². The van der Waals surface area contributed by atoms with Crippen LogP contribution < -0.4 is 0 Å². The SMILES string of the molecule is Cc1ccsc1C=C1SC(=S)N(C)C1=O. The minimum atomic E-state index is -0.00204. The largest absolute Gasteiger partial charge is 0.296 e. The normalized spacial score (nSPS) is 19.3. The fourth-order valence-electron chi connectivity index (χ4n) is 1.20. The van der Waals surface area contributed by atoms with Gasteiger partial charge in [0, 0.05) is 11.9 Å². The highest BCUT2D eigenvalue weighted by Gasteiger charge is 2.28. The number of hydrogen-bond donors (Lipinski definition) is 0. The molecule has 0 aliphatic carbocycles. The third kappa shape index (κ3) is 2.00. The van der Waals surface area contributed by atoms with Crippen LogP contribution in [0.2, 0.25) is 0 Å². The summed E-state index contributed by atoms with van der Waals surface area (Å²) in [6, 6.07) is 2.04. The molecule has 78 valence electrons. The Hall–Kier alpha value is -0.650. The second-order valence-corrected chi connectivity index (χ2v) is 5.83. The first-order valence-electron chi connectivity index (χ1n) is 4.35. The van der Waals surface area contributed by atoms with Crippen molar-refractivity contribution in [1.82, 2.24) is 4.90 Å². The smallest absolute Gasteiger partial charge is 0.265 e. The van der Waals surface area contributed by atoms with Crippen LogP contribution >= 0.6 is 35.3 Å². The second-order valence-electron chi connectivity index (χ2n) is 3.21. The summed E-state index contributed by atoms with van der Waals surface area (Å²) in [6.45, 7) is 2.04. The van der Waals surface area contributed by atoms with E-state index in [0.717, 1.165) is 4.88 Å². The molecule has 1 saturated heterocycles. The van der Waals surface area contributed by atoms with E-state index >= 15 is 0 Å². The molecular formula is C10H9NOS3. The van der Waals surface area contributed by atoms with Crippen molar-refractivity contribution in [3.05, 3.63) is 26.8 Å². The first kappa shape index (κ1) is 10.9. The summed E-state index contributed by atoms with van der Waals surface area (Å²) in [5.41, 5.74) is 1.20. The van der Waals surface area contributed by atoms with Crippen LogP contribution in [0.25, 0.3) is 6.08 Å². The Morgan fingerprint density at radius 1 is 1.53 bits per heavy atom. The highest BCUT2D eigenvalue weighted by molar-refractivity contribution is 8.26. The standard InChI is InChI=1S/C10H9NOS3/c1-6-3-4-14-7(6)5-8-9(12)11(2)10(13)15-8/h3-5H,1-2H3. The van der Waals surface area contributed by atoms with Gasteiger partial charge in [0.1, 0.15) is 4.32 Å². The van der Waals surface area contributed by atoms with Crippen LogP contribution in [-0.4, -0.2) is 22.2 Å². The van der Waals surface area contributed by atoms with Crippen LogP contribution in [0.15, 0.2) is 16.4 Å². The van der Waals surface area contributed by atoms with Crippen molar-refractivity contribution in [3.8, 4) is 0 Å². The van der Waals surface area contributed by atoms with Gasteiger partial charge in [0.2, 0.25) is 0 Å². The van der Waals surface area contributed by atoms with Crippen molar-refractivity contribution in [3.63, 3.8) is 0 Å². The maximum absolute atomic E-state index is 11.7. The summed E-state index contributed by atoms with van der Waals surface area (Å²) in [5, 5.41) is 2.02. The van der Waals surface area contributed by atoms with E-state index < -0.39 is 0 Å². The lowest BCUT2D eigenvalue weighted by Gasteiger charge is -2.03. The number of carbonyl (C=O) groups is 1. The molecular weight excluding hydrogens is 246 g/mol. The molecule has 0 N–H and O–H groups in total. The quantitative estimate of drug-likeness (QED) is 0.568. The molecule has 0 unspecified atom stereocenters. The number of nitrogens with zero attached hydrogens (tertiary/aromatic N) is 1. The number of likely N-dealkylation sites (N-methyl/N-ethyl adjacent to an activating group) is 1. The van der Waals surface area contributed by atoms with E-state index in [1.165, 1.54) is 22.2 Å². The zero-order valence-corrected chi connectivity index (χ0v) is 10.8. The lowest BCUT2D eigenvalue weighted by molar-refractivity contribution is -0.121. The molecule has 1 aromatic heterocycles. The first-order chi connectivity index (χ1) is 7.09. The average Bonchev–Trinajstić information content (AvgIpc) is 2.69. The van der Waals surface area contributed by atoms with Crippen molar-refractivity contribution in [2.75, 3.05) is 7.05 Å². The monoisotopic (exact) mass is 255 g/mol. The molecule has 0 atom stereocenters. The molecule has 0 spiro atoms. The summed E-state index contributed by atoms with van der Waals surface area (Å²) >= 11 is 8.06. The Labute approximate surface area is 102 Å². The number of thiocarbonyl (C=S) groups is 1. The third-order valence-electron chi connectivity index (χ3n) is 2.15. The van der Waals surface area contributed by atoms with E-state index in [1.807, 2.05) is 24.4 Å². The number of thiophene rings is 1. The van der Waals surface area contributed by atoms with Gasteiger partial charge in [0.05, 0.1) is 4.91 Å². The van der Waals surface area contributed by atoms with Crippen molar-refractivity contribution in [2.45, 2.75) is 6.92 Å². The third-order valence-corrected chi connectivity index (χ3v) is 4.60. The molecule has 5 heteroatoms. The Kier molecular flexibility index (Phi) is 2.95. The molecule has 15 heavy (non-hydrogen) atoms. The number of aryl methyl sites for hydroxylation is 1. The van der Waals surface area contributed by atoms with Gasteiger partial charge in [0.15, 0.2) is 0 Å². The van der Waals surface area contributed by atoms with E-state index in [4.69, 9.17) is 12.2 Å². The first-order valence-corrected chi connectivity index (χ1v) is 6.45. The molecule has 1 aliphatic rings. The minimum absolute atomic E-state index is 0.00204. The highest BCUT2D eigenvalue weighted by Crippen LogP contribution is 2.32. The zero-order valence-electron chi connectivity index (χ0n) is 8.31. The predicted octanol–water partition coefficient (Wildman–Crippen LogP) is 2.89. The molecule has 1 amide bonds. The number of hydrogen-bond acceptors (Lipinski definition) is 4. The molecule has 0 aromatic carbocycles. The molecule has 0 radical (unpaired) electrons. The van der Waals surface area contributed by atoms with Gasteiger partial charge in [0.25, 0.3) is 5.91 Å². The molecule has 2 nitrogen and oxygen atoms in total. The van der Waals surface area contributed by atoms with E-state index in [9.17, 15) is 4.79 Å². The Bertz CT molecular complexity index is 461. The number of thioether (sulfide) groups is 1. The minimum Gasteiger partial charge on any atom is -0.296 e. The second kappa shape index (κ2) is 4.08. The van der Waals surface area contributed by atoms with E-state index in [1.54, 1.807) is 18.4 Å². The molecule has 2 heterocycles. The number of amides is 1. The van der Waals surface area contributed by atoms with Crippen LogP contribution in [0.4, 0.5) is 0 Å². The zero-order chi connectivity index (χ0) is 11.0. The van der Waals surface area contributed by atoms with Crippen molar-refractivity contribution in [1.29, 1.82) is 0 Å². The van der Waals surface area contributed by atoms with Gasteiger partial charge in [-0.2, -0.15) is 0 Å². The van der Waals surface area contributed by atoms with Gasteiger partial charge >= 0.3 is 0 Å². The van der Waals surface area contributed by atoms with Gasteiger partial charge in [-0.05, 0) is 30.0 Å². The maximum atomic E-state index is 11.7. The summed E-state index contributed by atoms with van der Waals surface area (Å²) in [4.78, 5) is 15.1. The van der Waals surface area contributed by atoms with Gasteiger partial charge in [-0.25, -0.2) is 0 Å². The van der Waals surface area contributed by atoms with E-state index in [-0.39, 0.29) is 5.91 Å². The van der Waals surface area contributed by atoms with Gasteiger partial charge < -0.3 is 0 Å². The average molecular weight is 255 g/mol. The molecule has 1 aromatic rings. The van der Waals surface area contributed by atoms with Gasteiger partial charge in [-0.15, -0.1) is 11.3 Å². The van der Waals surface area contributed by atoms with Gasteiger partial charge in [-0.1, -0.05) is 24.0 Å². The number of rotatable bonds is 1. The summed E-state index contributed by atoms with van der Waals surface area (Å²) < 4.78 is 0.625. The Morgan fingerprint density at radius 2 is 2.27 bits per heavy atom. The van der Waals surface area contributed by atoms with E-state index in [2.05, 4.69) is 0 Å². The molecule has 1 aliphatic heterocycles. The maximum Gasteiger partial charge on any atom is 0.265 e. The predicted molar refractivity (Wildman–Crippen MR) is 70.0 cm³/mol. The lowest BCUT2D eigenvalue weighted by Crippen LogP contribution is -2.22. The molecule has 0 saturated carbocycles. The van der Waals surface area contributed by atoms with E-state index in [0.29, 0.717) is 9.23 Å². The molecule has 1 fully saturated rings. The van der Waals surface area contributed by atoms with Crippen LogP contribution in [0.5, 0.6) is 0 Å². The fraction of sp³-hybridized carbons (Fsp3) is 0.200. The van der Waals surface area contributed by atoms with Crippen LogP contribution in [-0.2, 0) is 4.79 Å². The van der Waals surface area contributed by atoms with Crippen LogP contribution in [0.3, 0.4) is 0 Å².